The first-order chi connectivity index (χ1) is 13.0. The number of nitrogens with one attached hydrogen (secondary N) is 2. The quantitative estimate of drug-likeness (QED) is 0.680. The van der Waals surface area contributed by atoms with Gasteiger partial charge in [-0.25, -0.2) is 0 Å². The minimum atomic E-state index is -0.201. The van der Waals surface area contributed by atoms with Crippen molar-refractivity contribution in [3.63, 3.8) is 0 Å². The molecule has 1 aliphatic rings. The van der Waals surface area contributed by atoms with Crippen LogP contribution in [0.25, 0.3) is 0 Å². The standard InChI is InChI=1S/C19H25N5O2S/c1-4-24-17(13-9-10-13)22-23-19(24)27-11-16(25)21-15-8-6-5-7-14(15)18(26)20-12(2)3/h5-8,12-13H,4,9-11H2,1-3H3,(H,20,26)(H,21,25). The largest absolute Gasteiger partial charge is 0.350 e. The van der Waals surface area contributed by atoms with Gasteiger partial charge in [-0.1, -0.05) is 23.9 Å². The van der Waals surface area contributed by atoms with Gasteiger partial charge in [-0.05, 0) is 45.7 Å². The van der Waals surface area contributed by atoms with Crippen LogP contribution < -0.4 is 10.6 Å². The van der Waals surface area contributed by atoms with Crippen molar-refractivity contribution in [3.05, 3.63) is 35.7 Å². The van der Waals surface area contributed by atoms with Crippen LogP contribution in [0.15, 0.2) is 29.4 Å². The number of carbonyl (C=O) groups is 2. The molecule has 1 saturated carbocycles. The van der Waals surface area contributed by atoms with E-state index >= 15 is 0 Å². The van der Waals surface area contributed by atoms with Crippen molar-refractivity contribution in [1.29, 1.82) is 0 Å². The minimum absolute atomic E-state index is 0.0258. The van der Waals surface area contributed by atoms with Gasteiger partial charge < -0.3 is 15.2 Å². The molecule has 2 amide bonds. The molecule has 0 spiro atoms. The van der Waals surface area contributed by atoms with E-state index in [1.54, 1.807) is 24.3 Å². The van der Waals surface area contributed by atoms with Crippen LogP contribution in [0.3, 0.4) is 0 Å². The normalized spacial score (nSPS) is 13.6. The van der Waals surface area contributed by atoms with E-state index in [-0.39, 0.29) is 23.6 Å². The lowest BCUT2D eigenvalue weighted by Gasteiger charge is -2.13. The third-order valence-corrected chi connectivity index (χ3v) is 5.17. The summed E-state index contributed by atoms with van der Waals surface area (Å²) in [5.74, 6) is 1.38. The highest BCUT2D eigenvalue weighted by Gasteiger charge is 2.30. The van der Waals surface area contributed by atoms with Gasteiger partial charge in [0.25, 0.3) is 5.91 Å². The summed E-state index contributed by atoms with van der Waals surface area (Å²) < 4.78 is 2.08. The Labute approximate surface area is 163 Å². The fourth-order valence-corrected chi connectivity index (χ4v) is 3.60. The van der Waals surface area contributed by atoms with Gasteiger partial charge in [-0.15, -0.1) is 10.2 Å². The van der Waals surface area contributed by atoms with Gasteiger partial charge in [-0.2, -0.15) is 0 Å². The zero-order valence-corrected chi connectivity index (χ0v) is 16.7. The van der Waals surface area contributed by atoms with Gasteiger partial charge in [-0.3, -0.25) is 9.59 Å². The molecule has 0 bridgehead atoms. The van der Waals surface area contributed by atoms with Crippen molar-refractivity contribution in [2.24, 2.45) is 0 Å². The number of benzene rings is 1. The van der Waals surface area contributed by atoms with Crippen molar-refractivity contribution in [2.75, 3.05) is 11.1 Å². The first-order valence-corrected chi connectivity index (χ1v) is 10.2. The summed E-state index contributed by atoms with van der Waals surface area (Å²) in [5, 5.41) is 15.0. The first kappa shape index (κ1) is 19.4. The number of aromatic nitrogens is 3. The zero-order chi connectivity index (χ0) is 19.4. The molecule has 1 aromatic heterocycles. The SMILES string of the molecule is CCn1c(SCC(=O)Nc2ccccc2C(=O)NC(C)C)nnc1C1CC1. The van der Waals surface area contributed by atoms with E-state index in [2.05, 4.69) is 32.3 Å². The van der Waals surface area contributed by atoms with Crippen LogP contribution in [0.4, 0.5) is 5.69 Å². The topological polar surface area (TPSA) is 88.9 Å². The molecular weight excluding hydrogens is 362 g/mol. The summed E-state index contributed by atoms with van der Waals surface area (Å²) in [6.07, 6.45) is 2.33. The lowest BCUT2D eigenvalue weighted by atomic mass is 10.1. The van der Waals surface area contributed by atoms with Gasteiger partial charge in [0, 0.05) is 18.5 Å². The van der Waals surface area contributed by atoms with Crippen molar-refractivity contribution < 1.29 is 9.59 Å². The summed E-state index contributed by atoms with van der Waals surface area (Å²) >= 11 is 1.37. The van der Waals surface area contributed by atoms with Crippen molar-refractivity contribution >= 4 is 29.3 Å². The van der Waals surface area contributed by atoms with Crippen LogP contribution in [0.5, 0.6) is 0 Å². The number of anilines is 1. The third-order valence-electron chi connectivity index (χ3n) is 4.20. The number of nitrogens with zero attached hydrogens (tertiary/aromatic N) is 3. The van der Waals surface area contributed by atoms with Crippen LogP contribution >= 0.6 is 11.8 Å². The van der Waals surface area contributed by atoms with E-state index < -0.39 is 0 Å². The van der Waals surface area contributed by atoms with Crippen LogP contribution in [0.2, 0.25) is 0 Å². The molecule has 0 atom stereocenters. The Hall–Kier alpha value is -2.35. The second kappa shape index (κ2) is 8.56. The Kier molecular flexibility index (Phi) is 6.15. The molecule has 3 rings (SSSR count). The number of hydrogen-bond acceptors (Lipinski definition) is 5. The summed E-state index contributed by atoms with van der Waals surface area (Å²) in [6, 6.07) is 7.04. The lowest BCUT2D eigenvalue weighted by molar-refractivity contribution is -0.113. The van der Waals surface area contributed by atoms with Gasteiger partial charge >= 0.3 is 0 Å². The average molecular weight is 388 g/mol. The highest BCUT2D eigenvalue weighted by atomic mass is 32.2. The second-order valence-corrected chi connectivity index (χ2v) is 7.81. The summed E-state index contributed by atoms with van der Waals surface area (Å²) in [4.78, 5) is 24.7. The molecule has 0 aliphatic heterocycles. The Morgan fingerprint density at radius 3 is 2.67 bits per heavy atom. The fourth-order valence-electron chi connectivity index (χ4n) is 2.79. The number of carbonyl (C=O) groups excluding carboxylic acids is 2. The van der Waals surface area contributed by atoms with Gasteiger partial charge in [0.15, 0.2) is 5.16 Å². The van der Waals surface area contributed by atoms with E-state index in [0.717, 1.165) is 17.5 Å². The molecule has 144 valence electrons. The van der Waals surface area contributed by atoms with E-state index in [4.69, 9.17) is 0 Å². The van der Waals surface area contributed by atoms with E-state index in [1.807, 2.05) is 13.8 Å². The zero-order valence-electron chi connectivity index (χ0n) is 15.9. The molecule has 1 heterocycles. The summed E-state index contributed by atoms with van der Waals surface area (Å²) in [5.41, 5.74) is 0.967. The maximum atomic E-state index is 12.4. The molecule has 7 nitrogen and oxygen atoms in total. The van der Waals surface area contributed by atoms with E-state index in [0.29, 0.717) is 17.2 Å². The highest BCUT2D eigenvalue weighted by Crippen LogP contribution is 2.39. The number of rotatable bonds is 8. The highest BCUT2D eigenvalue weighted by molar-refractivity contribution is 7.99. The molecule has 0 radical (unpaired) electrons. The lowest BCUT2D eigenvalue weighted by Crippen LogP contribution is -2.31. The molecule has 2 N–H and O–H groups in total. The van der Waals surface area contributed by atoms with Crippen molar-refractivity contribution in [1.82, 2.24) is 20.1 Å². The fraction of sp³-hybridized carbons (Fsp3) is 0.474. The molecular formula is C19H25N5O2S. The van der Waals surface area contributed by atoms with Crippen LogP contribution in [-0.4, -0.2) is 38.4 Å². The minimum Gasteiger partial charge on any atom is -0.350 e. The Balaban J connectivity index is 1.63. The number of para-hydroxylation sites is 1. The summed E-state index contributed by atoms with van der Waals surface area (Å²) in [7, 11) is 0. The Morgan fingerprint density at radius 2 is 2.00 bits per heavy atom. The molecule has 0 unspecified atom stereocenters. The maximum absolute atomic E-state index is 12.4. The van der Waals surface area contributed by atoms with Crippen molar-refractivity contribution in [3.8, 4) is 0 Å². The average Bonchev–Trinajstić information content (AvgIpc) is 3.39. The van der Waals surface area contributed by atoms with Gasteiger partial charge in [0.1, 0.15) is 5.82 Å². The third kappa shape index (κ3) is 4.88. The number of amides is 2. The maximum Gasteiger partial charge on any atom is 0.253 e. The monoisotopic (exact) mass is 387 g/mol. The Morgan fingerprint density at radius 1 is 1.26 bits per heavy atom. The number of hydrogen-bond donors (Lipinski definition) is 2. The second-order valence-electron chi connectivity index (χ2n) is 6.87. The van der Waals surface area contributed by atoms with Crippen molar-refractivity contribution in [2.45, 2.75) is 57.3 Å². The number of thioether (sulfide) groups is 1. The smallest absolute Gasteiger partial charge is 0.253 e. The van der Waals surface area contributed by atoms with Crippen LogP contribution in [0.1, 0.15) is 55.7 Å². The molecule has 1 aromatic carbocycles. The summed E-state index contributed by atoms with van der Waals surface area (Å²) in [6.45, 7) is 6.65. The molecule has 1 fully saturated rings. The molecule has 27 heavy (non-hydrogen) atoms. The van der Waals surface area contributed by atoms with Crippen LogP contribution in [-0.2, 0) is 11.3 Å². The van der Waals surface area contributed by atoms with E-state index in [1.165, 1.54) is 24.6 Å². The van der Waals surface area contributed by atoms with Gasteiger partial charge in [0.05, 0.1) is 17.0 Å². The predicted molar refractivity (Wildman–Crippen MR) is 106 cm³/mol. The van der Waals surface area contributed by atoms with Crippen LogP contribution in [0, 0.1) is 0 Å². The molecule has 0 saturated heterocycles. The van der Waals surface area contributed by atoms with Gasteiger partial charge in [0.2, 0.25) is 5.91 Å². The molecule has 2 aromatic rings. The first-order valence-electron chi connectivity index (χ1n) is 9.25. The Bertz CT molecular complexity index is 829. The molecule has 1 aliphatic carbocycles. The predicted octanol–water partition coefficient (Wildman–Crippen LogP) is 3.04. The van der Waals surface area contributed by atoms with E-state index in [9.17, 15) is 9.59 Å². The molecule has 8 heteroatoms.